The minimum absolute atomic E-state index is 0.0525. The van der Waals surface area contributed by atoms with E-state index in [2.05, 4.69) is 6.58 Å². The number of hydrogen-bond acceptors (Lipinski definition) is 4. The second-order valence-corrected chi connectivity index (χ2v) is 5.22. The molecule has 1 aliphatic rings. The molecule has 0 aliphatic carbocycles. The first kappa shape index (κ1) is 16.1. The Morgan fingerprint density at radius 2 is 2.00 bits per heavy atom. The van der Waals surface area contributed by atoms with Crippen molar-refractivity contribution in [3.63, 3.8) is 0 Å². The molecule has 0 saturated carbocycles. The third-order valence-corrected chi connectivity index (χ3v) is 3.68. The Bertz CT molecular complexity index is 541. The Balaban J connectivity index is 1.81. The molecule has 1 fully saturated rings. The molecule has 1 aromatic rings. The molecule has 1 saturated heterocycles. The van der Waals surface area contributed by atoms with Crippen molar-refractivity contribution >= 4 is 12.1 Å². The Hall–Kier alpha value is -2.30. The quantitative estimate of drug-likeness (QED) is 0.620. The van der Waals surface area contributed by atoms with E-state index in [0.29, 0.717) is 31.7 Å². The zero-order valence-corrected chi connectivity index (χ0v) is 12.8. The van der Waals surface area contributed by atoms with Crippen LogP contribution in [0.2, 0.25) is 0 Å². The molecule has 0 unspecified atom stereocenters. The number of ether oxygens (including phenoxy) is 2. The van der Waals surface area contributed by atoms with E-state index in [-0.39, 0.29) is 24.6 Å². The van der Waals surface area contributed by atoms with Crippen LogP contribution in [-0.2, 0) is 20.9 Å². The van der Waals surface area contributed by atoms with Gasteiger partial charge in [-0.25, -0.2) is 9.59 Å². The average molecular weight is 303 g/mol. The molecule has 1 heterocycles. The van der Waals surface area contributed by atoms with E-state index in [4.69, 9.17) is 9.47 Å². The smallest absolute Gasteiger partial charge is 0.410 e. The molecule has 118 valence electrons. The number of rotatable bonds is 5. The van der Waals surface area contributed by atoms with Crippen molar-refractivity contribution < 1.29 is 19.1 Å². The third kappa shape index (κ3) is 4.10. The fraction of sp³-hybridized carbons (Fsp3) is 0.412. The van der Waals surface area contributed by atoms with Gasteiger partial charge < -0.3 is 14.4 Å². The van der Waals surface area contributed by atoms with E-state index in [1.165, 1.54) is 0 Å². The lowest BCUT2D eigenvalue weighted by Gasteiger charge is -2.17. The molecular weight excluding hydrogens is 282 g/mol. The molecule has 0 radical (unpaired) electrons. The van der Waals surface area contributed by atoms with E-state index in [1.54, 1.807) is 11.8 Å². The largest absolute Gasteiger partial charge is 0.463 e. The van der Waals surface area contributed by atoms with Gasteiger partial charge in [0.1, 0.15) is 6.61 Å². The summed E-state index contributed by atoms with van der Waals surface area (Å²) in [6.45, 7) is 7.14. The number of benzene rings is 1. The summed E-state index contributed by atoms with van der Waals surface area (Å²) in [5, 5.41) is 0. The van der Waals surface area contributed by atoms with Crippen LogP contribution in [0, 0.1) is 5.92 Å². The maximum Gasteiger partial charge on any atom is 0.410 e. The zero-order valence-electron chi connectivity index (χ0n) is 12.8. The lowest BCUT2D eigenvalue weighted by Crippen LogP contribution is -2.30. The number of hydrogen-bond donors (Lipinski definition) is 0. The first-order valence-corrected chi connectivity index (χ1v) is 7.43. The van der Waals surface area contributed by atoms with Gasteiger partial charge in [-0.3, -0.25) is 0 Å². The van der Waals surface area contributed by atoms with Gasteiger partial charge in [-0.15, -0.1) is 0 Å². The lowest BCUT2D eigenvalue weighted by atomic mass is 10.0. The second kappa shape index (κ2) is 7.64. The van der Waals surface area contributed by atoms with E-state index in [9.17, 15) is 9.59 Å². The molecule has 22 heavy (non-hydrogen) atoms. The summed E-state index contributed by atoms with van der Waals surface area (Å²) in [5.74, 6) is -0.435. The van der Waals surface area contributed by atoms with Crippen LogP contribution >= 0.6 is 0 Å². The Morgan fingerprint density at radius 1 is 1.27 bits per heavy atom. The molecule has 1 atom stereocenters. The van der Waals surface area contributed by atoms with Crippen LogP contribution in [0.3, 0.4) is 0 Å². The molecule has 0 aromatic heterocycles. The number of carbonyl (C=O) groups excluding carboxylic acids is 2. The molecule has 5 nitrogen and oxygen atoms in total. The second-order valence-electron chi connectivity index (χ2n) is 5.22. The summed E-state index contributed by atoms with van der Waals surface area (Å²) in [5.41, 5.74) is 1.38. The third-order valence-electron chi connectivity index (χ3n) is 3.68. The molecule has 2 rings (SSSR count). The number of likely N-dealkylation sites (tertiary alicyclic amines) is 1. The Labute approximate surface area is 130 Å². The van der Waals surface area contributed by atoms with Crippen molar-refractivity contribution in [3.8, 4) is 0 Å². The van der Waals surface area contributed by atoms with Gasteiger partial charge in [-0.05, 0) is 18.9 Å². The molecular formula is C17H21NO4. The highest BCUT2D eigenvalue weighted by molar-refractivity contribution is 5.88. The SMILES string of the molecule is C=C(C(=O)OCC)[C@H]1CCN(C(=O)OCc2ccccc2)C1. The van der Waals surface area contributed by atoms with Crippen molar-refractivity contribution in [1.82, 2.24) is 4.90 Å². The molecule has 0 spiro atoms. The average Bonchev–Trinajstić information content (AvgIpc) is 3.03. The maximum absolute atomic E-state index is 12.0. The van der Waals surface area contributed by atoms with Gasteiger partial charge in [0, 0.05) is 24.6 Å². The van der Waals surface area contributed by atoms with Crippen molar-refractivity contribution in [2.45, 2.75) is 20.0 Å². The first-order chi connectivity index (χ1) is 10.6. The molecule has 1 aliphatic heterocycles. The number of carbonyl (C=O) groups is 2. The summed E-state index contributed by atoms with van der Waals surface area (Å²) >= 11 is 0. The summed E-state index contributed by atoms with van der Waals surface area (Å²) < 4.78 is 10.2. The van der Waals surface area contributed by atoms with Crippen LogP contribution < -0.4 is 0 Å². The van der Waals surface area contributed by atoms with Crippen molar-refractivity contribution in [2.75, 3.05) is 19.7 Å². The van der Waals surface area contributed by atoms with Gasteiger partial charge in [0.25, 0.3) is 0 Å². The predicted molar refractivity (Wildman–Crippen MR) is 82.1 cm³/mol. The minimum Gasteiger partial charge on any atom is -0.463 e. The Morgan fingerprint density at radius 3 is 2.68 bits per heavy atom. The summed E-state index contributed by atoms with van der Waals surface area (Å²) in [4.78, 5) is 25.3. The Kier molecular flexibility index (Phi) is 5.58. The molecule has 1 amide bonds. The van der Waals surface area contributed by atoms with Gasteiger partial charge in [0.2, 0.25) is 0 Å². The van der Waals surface area contributed by atoms with Crippen molar-refractivity contribution in [1.29, 1.82) is 0 Å². The van der Waals surface area contributed by atoms with Gasteiger partial charge in [-0.1, -0.05) is 36.9 Å². The maximum atomic E-state index is 12.0. The molecule has 5 heteroatoms. The van der Waals surface area contributed by atoms with E-state index in [0.717, 1.165) is 5.56 Å². The van der Waals surface area contributed by atoms with Crippen molar-refractivity contribution in [2.24, 2.45) is 5.92 Å². The minimum atomic E-state index is -0.382. The fourth-order valence-electron chi connectivity index (χ4n) is 2.41. The van der Waals surface area contributed by atoms with Crippen LogP contribution in [-0.4, -0.2) is 36.7 Å². The normalized spacial score (nSPS) is 17.1. The van der Waals surface area contributed by atoms with Crippen LogP contribution in [0.25, 0.3) is 0 Å². The molecule has 0 bridgehead atoms. The monoisotopic (exact) mass is 303 g/mol. The number of nitrogens with zero attached hydrogens (tertiary/aromatic N) is 1. The topological polar surface area (TPSA) is 55.8 Å². The fourth-order valence-corrected chi connectivity index (χ4v) is 2.41. The van der Waals surface area contributed by atoms with Crippen LogP contribution in [0.15, 0.2) is 42.5 Å². The van der Waals surface area contributed by atoms with E-state index >= 15 is 0 Å². The van der Waals surface area contributed by atoms with Crippen LogP contribution in [0.4, 0.5) is 4.79 Å². The van der Waals surface area contributed by atoms with Gasteiger partial charge in [0.05, 0.1) is 6.61 Å². The number of esters is 1. The van der Waals surface area contributed by atoms with Crippen molar-refractivity contribution in [3.05, 3.63) is 48.0 Å². The zero-order chi connectivity index (χ0) is 15.9. The summed E-state index contributed by atoms with van der Waals surface area (Å²) in [6.07, 6.45) is 0.348. The summed E-state index contributed by atoms with van der Waals surface area (Å²) in [6, 6.07) is 9.53. The van der Waals surface area contributed by atoms with Crippen LogP contribution in [0.1, 0.15) is 18.9 Å². The van der Waals surface area contributed by atoms with E-state index < -0.39 is 0 Å². The number of amides is 1. The van der Waals surface area contributed by atoms with Crippen LogP contribution in [0.5, 0.6) is 0 Å². The standard InChI is InChI=1S/C17H21NO4/c1-3-21-16(19)13(2)15-9-10-18(11-15)17(20)22-12-14-7-5-4-6-8-14/h4-8,15H,2-3,9-12H2,1H3/t15-/m0/s1. The first-order valence-electron chi connectivity index (χ1n) is 7.43. The highest BCUT2D eigenvalue weighted by atomic mass is 16.6. The van der Waals surface area contributed by atoms with Gasteiger partial charge >= 0.3 is 12.1 Å². The summed E-state index contributed by atoms with van der Waals surface area (Å²) in [7, 11) is 0. The predicted octanol–water partition coefficient (Wildman–Crippen LogP) is 2.76. The molecule has 1 aromatic carbocycles. The lowest BCUT2D eigenvalue weighted by molar-refractivity contribution is -0.139. The van der Waals surface area contributed by atoms with E-state index in [1.807, 2.05) is 30.3 Å². The molecule has 0 N–H and O–H groups in total. The highest BCUT2D eigenvalue weighted by Crippen LogP contribution is 2.24. The highest BCUT2D eigenvalue weighted by Gasteiger charge is 2.31. The van der Waals surface area contributed by atoms with Gasteiger partial charge in [0.15, 0.2) is 0 Å². The van der Waals surface area contributed by atoms with Gasteiger partial charge in [-0.2, -0.15) is 0 Å².